The van der Waals surface area contributed by atoms with Gasteiger partial charge in [0.1, 0.15) is 5.60 Å². The molecule has 1 aliphatic rings. The second-order valence-corrected chi connectivity index (χ2v) is 9.38. The van der Waals surface area contributed by atoms with Crippen LogP contribution in [-0.4, -0.2) is 46.7 Å². The summed E-state index contributed by atoms with van der Waals surface area (Å²) in [4.78, 5) is 26.5. The first-order valence-corrected chi connectivity index (χ1v) is 11.4. The van der Waals surface area contributed by atoms with Gasteiger partial charge >= 0.3 is 6.09 Å². The number of rotatable bonds is 8. The van der Waals surface area contributed by atoms with Gasteiger partial charge in [-0.3, -0.25) is 4.79 Å². The smallest absolute Gasteiger partial charge is 0.410 e. The lowest BCUT2D eigenvalue weighted by Crippen LogP contribution is -2.40. The summed E-state index contributed by atoms with van der Waals surface area (Å²) in [5.74, 6) is 0.0806. The Morgan fingerprint density at radius 1 is 1.29 bits per heavy atom. The molecule has 2 rings (SSSR count). The summed E-state index contributed by atoms with van der Waals surface area (Å²) in [5.41, 5.74) is 0.747. The SMILES string of the molecule is CSC(Cc1ccccc1)NC(=O)CCCC1CCCN1C(=O)OC(C)(C)C. The minimum Gasteiger partial charge on any atom is -0.444 e. The molecule has 5 nitrogen and oxygen atoms in total. The highest BCUT2D eigenvalue weighted by Crippen LogP contribution is 2.24. The van der Waals surface area contributed by atoms with E-state index in [1.165, 1.54) is 5.56 Å². The maximum Gasteiger partial charge on any atom is 0.410 e. The van der Waals surface area contributed by atoms with Crippen LogP contribution >= 0.6 is 11.8 Å². The van der Waals surface area contributed by atoms with Crippen LogP contribution in [0.4, 0.5) is 4.79 Å². The van der Waals surface area contributed by atoms with Crippen molar-refractivity contribution in [2.24, 2.45) is 0 Å². The lowest BCUT2D eigenvalue weighted by Gasteiger charge is -2.28. The number of carbonyl (C=O) groups excluding carboxylic acids is 2. The third kappa shape index (κ3) is 7.74. The highest BCUT2D eigenvalue weighted by atomic mass is 32.2. The summed E-state index contributed by atoms with van der Waals surface area (Å²) in [6.07, 6.45) is 6.71. The first-order chi connectivity index (χ1) is 13.3. The van der Waals surface area contributed by atoms with E-state index in [1.807, 2.05) is 50.1 Å². The molecule has 0 spiro atoms. The molecule has 156 valence electrons. The summed E-state index contributed by atoms with van der Waals surface area (Å²) in [6, 6.07) is 10.4. The molecule has 0 saturated carbocycles. The van der Waals surface area contributed by atoms with Crippen molar-refractivity contribution in [1.82, 2.24) is 10.2 Å². The van der Waals surface area contributed by atoms with E-state index in [2.05, 4.69) is 17.4 Å². The third-order valence-corrected chi connectivity index (χ3v) is 5.67. The van der Waals surface area contributed by atoms with Crippen molar-refractivity contribution < 1.29 is 14.3 Å². The van der Waals surface area contributed by atoms with Gasteiger partial charge in [-0.25, -0.2) is 4.79 Å². The lowest BCUT2D eigenvalue weighted by molar-refractivity contribution is -0.121. The number of nitrogens with zero attached hydrogens (tertiary/aromatic N) is 1. The van der Waals surface area contributed by atoms with Crippen LogP contribution < -0.4 is 5.32 Å². The Labute approximate surface area is 173 Å². The Bertz CT molecular complexity index is 630. The van der Waals surface area contributed by atoms with Crippen molar-refractivity contribution in [1.29, 1.82) is 0 Å². The molecular formula is C22H34N2O3S. The predicted molar refractivity (Wildman–Crippen MR) is 115 cm³/mol. The van der Waals surface area contributed by atoms with Crippen LogP contribution in [0.5, 0.6) is 0 Å². The summed E-state index contributed by atoms with van der Waals surface area (Å²) in [7, 11) is 0. The maximum absolute atomic E-state index is 12.3. The molecule has 2 unspecified atom stereocenters. The molecule has 2 amide bonds. The van der Waals surface area contributed by atoms with Crippen LogP contribution in [0.3, 0.4) is 0 Å². The minimum absolute atomic E-state index is 0.0806. The lowest BCUT2D eigenvalue weighted by atomic mass is 10.1. The van der Waals surface area contributed by atoms with Crippen LogP contribution in [0, 0.1) is 0 Å². The average Bonchev–Trinajstić information content (AvgIpc) is 3.09. The number of carbonyl (C=O) groups is 2. The second-order valence-electron chi connectivity index (χ2n) is 8.34. The Hall–Kier alpha value is -1.69. The van der Waals surface area contributed by atoms with Crippen LogP contribution in [0.2, 0.25) is 0 Å². The Kier molecular flexibility index (Phi) is 8.67. The van der Waals surface area contributed by atoms with Gasteiger partial charge in [0.2, 0.25) is 5.91 Å². The van der Waals surface area contributed by atoms with Gasteiger partial charge < -0.3 is 15.0 Å². The first kappa shape index (κ1) is 22.6. The van der Waals surface area contributed by atoms with Gasteiger partial charge in [-0.05, 0) is 58.3 Å². The summed E-state index contributed by atoms with van der Waals surface area (Å²) in [5, 5.41) is 3.21. The zero-order valence-corrected chi connectivity index (χ0v) is 18.4. The van der Waals surface area contributed by atoms with Gasteiger partial charge in [-0.2, -0.15) is 0 Å². The Balaban J connectivity index is 1.74. The number of likely N-dealkylation sites (tertiary alicyclic amines) is 1. The number of benzene rings is 1. The molecule has 6 heteroatoms. The van der Waals surface area contributed by atoms with Crippen molar-refractivity contribution in [2.75, 3.05) is 12.8 Å². The third-order valence-electron chi connectivity index (χ3n) is 4.82. The standard InChI is InChI=1S/C22H34N2O3S/c1-22(2,3)27-21(26)24-15-9-13-18(24)12-8-14-19(25)23-20(28-4)16-17-10-6-5-7-11-17/h5-7,10-11,18,20H,8-9,12-16H2,1-4H3,(H,23,25). The molecule has 1 aromatic carbocycles. The molecule has 0 bridgehead atoms. The molecule has 1 heterocycles. The fourth-order valence-corrected chi connectivity index (χ4v) is 4.08. The van der Waals surface area contributed by atoms with Gasteiger partial charge in [0.15, 0.2) is 0 Å². The largest absolute Gasteiger partial charge is 0.444 e. The topological polar surface area (TPSA) is 58.6 Å². The molecule has 0 aliphatic carbocycles. The second kappa shape index (κ2) is 10.7. The van der Waals surface area contributed by atoms with Gasteiger partial charge in [0.25, 0.3) is 0 Å². The number of hydrogen-bond donors (Lipinski definition) is 1. The molecule has 1 fully saturated rings. The minimum atomic E-state index is -0.476. The number of thioether (sulfide) groups is 1. The highest BCUT2D eigenvalue weighted by Gasteiger charge is 2.31. The number of ether oxygens (including phenoxy) is 1. The summed E-state index contributed by atoms with van der Waals surface area (Å²) >= 11 is 1.66. The van der Waals surface area contributed by atoms with E-state index in [9.17, 15) is 9.59 Å². The fraction of sp³-hybridized carbons (Fsp3) is 0.636. The molecule has 1 aromatic rings. The number of nitrogens with one attached hydrogen (secondary N) is 1. The van der Waals surface area contributed by atoms with Crippen LogP contribution in [0.1, 0.15) is 58.4 Å². The van der Waals surface area contributed by atoms with E-state index in [0.29, 0.717) is 6.42 Å². The molecule has 0 aromatic heterocycles. The zero-order valence-electron chi connectivity index (χ0n) is 17.6. The van der Waals surface area contributed by atoms with E-state index in [-0.39, 0.29) is 23.4 Å². The fourth-order valence-electron chi connectivity index (χ4n) is 3.47. The first-order valence-electron chi connectivity index (χ1n) is 10.1. The molecule has 1 aliphatic heterocycles. The monoisotopic (exact) mass is 406 g/mol. The maximum atomic E-state index is 12.3. The van der Waals surface area contributed by atoms with Crippen molar-refractivity contribution in [2.45, 2.75) is 76.3 Å². The van der Waals surface area contributed by atoms with Gasteiger partial charge in [0.05, 0.1) is 5.37 Å². The van der Waals surface area contributed by atoms with E-state index >= 15 is 0 Å². The highest BCUT2D eigenvalue weighted by molar-refractivity contribution is 7.99. The number of hydrogen-bond acceptors (Lipinski definition) is 4. The van der Waals surface area contributed by atoms with Gasteiger partial charge in [-0.1, -0.05) is 30.3 Å². The van der Waals surface area contributed by atoms with E-state index in [0.717, 1.165) is 38.6 Å². The van der Waals surface area contributed by atoms with Crippen LogP contribution in [0.25, 0.3) is 0 Å². The average molecular weight is 407 g/mol. The van der Waals surface area contributed by atoms with Crippen LogP contribution in [0.15, 0.2) is 30.3 Å². The van der Waals surface area contributed by atoms with E-state index < -0.39 is 5.60 Å². The molecule has 1 saturated heterocycles. The van der Waals surface area contributed by atoms with E-state index in [4.69, 9.17) is 4.74 Å². The quantitative estimate of drug-likeness (QED) is 0.641. The molecule has 1 N–H and O–H groups in total. The van der Waals surface area contributed by atoms with Crippen molar-refractivity contribution in [3.05, 3.63) is 35.9 Å². The summed E-state index contributed by atoms with van der Waals surface area (Å²) in [6.45, 7) is 6.41. The summed E-state index contributed by atoms with van der Waals surface area (Å²) < 4.78 is 5.51. The molecule has 28 heavy (non-hydrogen) atoms. The normalized spacial score (nSPS) is 18.0. The van der Waals surface area contributed by atoms with Crippen molar-refractivity contribution >= 4 is 23.8 Å². The predicted octanol–water partition coefficient (Wildman–Crippen LogP) is 4.60. The number of amides is 2. The van der Waals surface area contributed by atoms with Gasteiger partial charge in [0, 0.05) is 25.4 Å². The van der Waals surface area contributed by atoms with Crippen LogP contribution in [-0.2, 0) is 16.0 Å². The molecule has 0 radical (unpaired) electrons. The van der Waals surface area contributed by atoms with Crippen molar-refractivity contribution in [3.63, 3.8) is 0 Å². The molecular weight excluding hydrogens is 372 g/mol. The molecule has 2 atom stereocenters. The Morgan fingerprint density at radius 2 is 2.00 bits per heavy atom. The Morgan fingerprint density at radius 3 is 2.64 bits per heavy atom. The zero-order chi connectivity index (χ0) is 20.6. The van der Waals surface area contributed by atoms with Gasteiger partial charge in [-0.15, -0.1) is 11.8 Å². The van der Waals surface area contributed by atoms with E-state index in [1.54, 1.807) is 11.8 Å². The van der Waals surface area contributed by atoms with Crippen molar-refractivity contribution in [3.8, 4) is 0 Å².